The first kappa shape index (κ1) is 15.1. The molecule has 0 aliphatic carbocycles. The van der Waals surface area contributed by atoms with Crippen LogP contribution in [0.2, 0.25) is 0 Å². The van der Waals surface area contributed by atoms with Crippen molar-refractivity contribution in [2.24, 2.45) is 11.8 Å². The van der Waals surface area contributed by atoms with E-state index in [1.54, 1.807) is 6.20 Å². The first-order chi connectivity index (χ1) is 8.62. The lowest BCUT2D eigenvalue weighted by Crippen LogP contribution is -2.28. The molecule has 0 amide bonds. The van der Waals surface area contributed by atoms with Crippen LogP contribution in [0.3, 0.4) is 0 Å². The number of nitrogen functional groups attached to an aromatic ring is 1. The van der Waals surface area contributed by atoms with Gasteiger partial charge in [0.15, 0.2) is 0 Å². The fourth-order valence-corrected chi connectivity index (χ4v) is 2.09. The van der Waals surface area contributed by atoms with Crippen molar-refractivity contribution < 1.29 is 5.11 Å². The fourth-order valence-electron chi connectivity index (χ4n) is 1.76. The van der Waals surface area contributed by atoms with Gasteiger partial charge in [0.2, 0.25) is 5.95 Å². The smallest absolute Gasteiger partial charge is 0.239 e. The number of aliphatic hydroxyl groups is 1. The summed E-state index contributed by atoms with van der Waals surface area (Å²) in [6, 6.07) is 0. The predicted molar refractivity (Wildman–Crippen MR) is 76.1 cm³/mol. The molecule has 1 unspecified atom stereocenters. The molecule has 1 heterocycles. The van der Waals surface area contributed by atoms with E-state index in [4.69, 9.17) is 5.84 Å². The van der Waals surface area contributed by atoms with Gasteiger partial charge in [-0.3, -0.25) is 5.43 Å². The van der Waals surface area contributed by atoms with E-state index < -0.39 is 6.10 Å². The highest BCUT2D eigenvalue weighted by Gasteiger charge is 2.16. The Bertz CT molecular complexity index is 372. The van der Waals surface area contributed by atoms with Crippen LogP contribution >= 0.6 is 15.9 Å². The summed E-state index contributed by atoms with van der Waals surface area (Å²) < 4.78 is 0.734. The van der Waals surface area contributed by atoms with Crippen molar-refractivity contribution in [1.29, 1.82) is 0 Å². The van der Waals surface area contributed by atoms with Crippen molar-refractivity contribution in [3.05, 3.63) is 10.7 Å². The molecule has 1 rings (SSSR count). The van der Waals surface area contributed by atoms with E-state index in [1.807, 2.05) is 0 Å². The molecule has 0 aliphatic heterocycles. The van der Waals surface area contributed by atoms with E-state index in [9.17, 15) is 5.11 Å². The summed E-state index contributed by atoms with van der Waals surface area (Å²) in [5, 5.41) is 13.1. The van der Waals surface area contributed by atoms with E-state index >= 15 is 0 Å². The molecule has 5 N–H and O–H groups in total. The van der Waals surface area contributed by atoms with E-state index in [2.05, 4.69) is 50.5 Å². The van der Waals surface area contributed by atoms with Gasteiger partial charge in [-0.25, -0.2) is 10.8 Å². The minimum atomic E-state index is -0.392. The fraction of sp³-hybridized carbons (Fsp3) is 0.636. The van der Waals surface area contributed by atoms with Crippen molar-refractivity contribution in [3.63, 3.8) is 0 Å². The zero-order valence-corrected chi connectivity index (χ0v) is 12.2. The number of nitrogens with zero attached hydrogens (tertiary/aromatic N) is 2. The topological polar surface area (TPSA) is 96.1 Å². The lowest BCUT2D eigenvalue weighted by molar-refractivity contribution is 0.114. The largest absolute Gasteiger partial charge is 0.391 e. The van der Waals surface area contributed by atoms with Gasteiger partial charge in [-0.15, -0.1) is 0 Å². The van der Waals surface area contributed by atoms with Crippen LogP contribution in [0, 0.1) is 5.92 Å². The maximum atomic E-state index is 10.0. The van der Waals surface area contributed by atoms with Crippen molar-refractivity contribution in [1.82, 2.24) is 9.97 Å². The number of anilines is 2. The molecule has 0 aromatic carbocycles. The third kappa shape index (κ3) is 4.08. The molecule has 6 nitrogen and oxygen atoms in total. The van der Waals surface area contributed by atoms with Crippen molar-refractivity contribution in [3.8, 4) is 0 Å². The van der Waals surface area contributed by atoms with Crippen LogP contribution in [0.1, 0.15) is 26.7 Å². The second-order valence-corrected chi connectivity index (χ2v) is 4.91. The molecule has 0 aliphatic rings. The summed E-state index contributed by atoms with van der Waals surface area (Å²) in [6.45, 7) is 4.61. The normalized spacial score (nSPS) is 12.6. The Morgan fingerprint density at radius 1 is 1.44 bits per heavy atom. The van der Waals surface area contributed by atoms with Crippen molar-refractivity contribution in [2.45, 2.75) is 32.8 Å². The van der Waals surface area contributed by atoms with Gasteiger partial charge in [-0.1, -0.05) is 26.7 Å². The summed E-state index contributed by atoms with van der Waals surface area (Å²) in [6.07, 6.45) is 3.13. The average Bonchev–Trinajstić information content (AvgIpc) is 2.39. The standard InChI is InChI=1S/C11H20BrN5O/c1-3-7(4-2)9(18)6-14-10-8(12)5-15-11(16-10)17-13/h5,7,9,18H,3-4,6,13H2,1-2H3,(H2,14,15,16,17). The molecule has 102 valence electrons. The highest BCUT2D eigenvalue weighted by Crippen LogP contribution is 2.21. The third-order valence-corrected chi connectivity index (χ3v) is 3.53. The monoisotopic (exact) mass is 317 g/mol. The van der Waals surface area contributed by atoms with Crippen LogP contribution < -0.4 is 16.6 Å². The number of hydrazine groups is 1. The van der Waals surface area contributed by atoms with E-state index in [0.717, 1.165) is 17.3 Å². The number of hydrogen-bond acceptors (Lipinski definition) is 6. The van der Waals surface area contributed by atoms with E-state index in [0.29, 0.717) is 24.2 Å². The predicted octanol–water partition coefficient (Wildman–Crippen LogP) is 1.73. The number of rotatable bonds is 7. The van der Waals surface area contributed by atoms with E-state index in [1.165, 1.54) is 0 Å². The van der Waals surface area contributed by atoms with Crippen molar-refractivity contribution >= 4 is 27.7 Å². The molecule has 1 aromatic heterocycles. The zero-order chi connectivity index (χ0) is 13.5. The maximum absolute atomic E-state index is 10.0. The molecule has 18 heavy (non-hydrogen) atoms. The van der Waals surface area contributed by atoms with Crippen LogP contribution in [0.25, 0.3) is 0 Å². The molecule has 0 spiro atoms. The number of nitrogens with two attached hydrogens (primary N) is 1. The molecular formula is C11H20BrN5O. The maximum Gasteiger partial charge on any atom is 0.239 e. The SMILES string of the molecule is CCC(CC)C(O)CNc1nc(NN)ncc1Br. The third-order valence-electron chi connectivity index (χ3n) is 2.94. The quantitative estimate of drug-likeness (QED) is 0.452. The molecule has 0 bridgehead atoms. The van der Waals surface area contributed by atoms with E-state index in [-0.39, 0.29) is 0 Å². The Balaban J connectivity index is 2.62. The van der Waals surface area contributed by atoms with Gasteiger partial charge < -0.3 is 10.4 Å². The summed E-state index contributed by atoms with van der Waals surface area (Å²) in [5.74, 6) is 6.49. The second kappa shape index (κ2) is 7.50. The van der Waals surface area contributed by atoms with Gasteiger partial charge in [0.25, 0.3) is 0 Å². The first-order valence-corrected chi connectivity index (χ1v) is 6.82. The van der Waals surface area contributed by atoms with Gasteiger partial charge in [-0.2, -0.15) is 4.98 Å². The molecule has 0 fully saturated rings. The second-order valence-electron chi connectivity index (χ2n) is 4.06. The number of aliphatic hydroxyl groups excluding tert-OH is 1. The number of halogens is 1. The Morgan fingerprint density at radius 2 is 2.11 bits per heavy atom. The minimum absolute atomic E-state index is 0.296. The molecule has 7 heteroatoms. The molecule has 1 atom stereocenters. The lowest BCUT2D eigenvalue weighted by atomic mass is 9.97. The van der Waals surface area contributed by atoms with Gasteiger partial charge in [-0.05, 0) is 21.8 Å². The Kier molecular flexibility index (Phi) is 6.31. The van der Waals surface area contributed by atoms with Gasteiger partial charge in [0.1, 0.15) is 5.82 Å². The average molecular weight is 318 g/mol. The number of aromatic nitrogens is 2. The number of nitrogens with one attached hydrogen (secondary N) is 2. The van der Waals surface area contributed by atoms with Crippen LogP contribution in [0.15, 0.2) is 10.7 Å². The molecule has 0 saturated heterocycles. The van der Waals surface area contributed by atoms with Crippen molar-refractivity contribution in [2.75, 3.05) is 17.3 Å². The Labute approximate surface area is 115 Å². The summed E-state index contributed by atoms with van der Waals surface area (Å²) in [4.78, 5) is 8.11. The van der Waals surface area contributed by atoms with Crippen LogP contribution in [-0.2, 0) is 0 Å². The molecular weight excluding hydrogens is 298 g/mol. The molecule has 1 aromatic rings. The number of hydrogen-bond donors (Lipinski definition) is 4. The first-order valence-electron chi connectivity index (χ1n) is 6.03. The summed E-state index contributed by atoms with van der Waals surface area (Å²) >= 11 is 3.34. The zero-order valence-electron chi connectivity index (χ0n) is 10.7. The van der Waals surface area contributed by atoms with Crippen LogP contribution in [0.4, 0.5) is 11.8 Å². The highest BCUT2D eigenvalue weighted by molar-refractivity contribution is 9.10. The Morgan fingerprint density at radius 3 is 2.67 bits per heavy atom. The highest BCUT2D eigenvalue weighted by atomic mass is 79.9. The minimum Gasteiger partial charge on any atom is -0.391 e. The summed E-state index contributed by atoms with van der Waals surface area (Å²) in [5.41, 5.74) is 2.38. The van der Waals surface area contributed by atoms with Gasteiger partial charge in [0.05, 0.1) is 10.6 Å². The van der Waals surface area contributed by atoms with Gasteiger partial charge in [0, 0.05) is 12.7 Å². The van der Waals surface area contributed by atoms with Gasteiger partial charge >= 0.3 is 0 Å². The van der Waals surface area contributed by atoms with Crippen LogP contribution in [0.5, 0.6) is 0 Å². The summed E-state index contributed by atoms with van der Waals surface area (Å²) in [7, 11) is 0. The molecule has 0 radical (unpaired) electrons. The lowest BCUT2D eigenvalue weighted by Gasteiger charge is -2.20. The van der Waals surface area contributed by atoms with Crippen LogP contribution in [-0.4, -0.2) is 27.7 Å². The molecule has 0 saturated carbocycles. The Hall–Kier alpha value is -0.920.